The second kappa shape index (κ2) is 4.57. The van der Waals surface area contributed by atoms with E-state index in [2.05, 4.69) is 5.10 Å². The summed E-state index contributed by atoms with van der Waals surface area (Å²) in [6.45, 7) is 0. The van der Waals surface area contributed by atoms with Crippen LogP contribution in [-0.4, -0.2) is 9.89 Å². The number of benzene rings is 2. The first-order chi connectivity index (χ1) is 9.25. The fourth-order valence-electron chi connectivity index (χ4n) is 2.19. The van der Waals surface area contributed by atoms with Crippen LogP contribution in [0.2, 0.25) is 0 Å². The lowest BCUT2D eigenvalue weighted by Gasteiger charge is -2.07. The van der Waals surface area contributed by atoms with E-state index in [0.717, 1.165) is 21.4 Å². The summed E-state index contributed by atoms with van der Waals surface area (Å²) in [5.41, 5.74) is 1.68. The average molecular weight is 251 g/mol. The Bertz CT molecular complexity index is 778. The monoisotopic (exact) mass is 251 g/mol. The zero-order chi connectivity index (χ0) is 13.2. The van der Waals surface area contributed by atoms with Gasteiger partial charge in [-0.15, -0.1) is 4.79 Å². The molecule has 0 aliphatic heterocycles. The summed E-state index contributed by atoms with van der Waals surface area (Å²) in [5, 5.41) is 5.64. The lowest BCUT2D eigenvalue weighted by molar-refractivity contribution is 0.748. The molecule has 4 heteroatoms. The highest BCUT2D eigenvalue weighted by Crippen LogP contribution is 2.16. The zero-order valence-corrected chi connectivity index (χ0v) is 10.3. The van der Waals surface area contributed by atoms with Crippen molar-refractivity contribution in [3.63, 3.8) is 0 Å². The number of rotatable bonds is 2. The Balaban J connectivity index is 2.19. The molecule has 0 fully saturated rings. The van der Waals surface area contributed by atoms with Gasteiger partial charge in [0, 0.05) is 11.8 Å². The van der Waals surface area contributed by atoms with Gasteiger partial charge in [-0.2, -0.15) is 5.10 Å². The normalized spacial score (nSPS) is 10.7. The molecule has 0 saturated heterocycles. The van der Waals surface area contributed by atoms with Crippen molar-refractivity contribution >= 4 is 10.8 Å². The third kappa shape index (κ3) is 2.08. The predicted molar refractivity (Wildman–Crippen MR) is 75.4 cm³/mol. The van der Waals surface area contributed by atoms with Crippen LogP contribution in [0.4, 0.5) is 0 Å². The molecule has 0 spiro atoms. The molecule has 19 heavy (non-hydrogen) atoms. The SMILES string of the molecule is Nn1nc(Cc2ccccc2)c2ccccc2c1=O. The highest BCUT2D eigenvalue weighted by atomic mass is 16.1. The van der Waals surface area contributed by atoms with Crippen LogP contribution in [-0.2, 0) is 6.42 Å². The maximum absolute atomic E-state index is 11.9. The maximum Gasteiger partial charge on any atom is 0.293 e. The Hall–Kier alpha value is -2.62. The average Bonchev–Trinajstić information content (AvgIpc) is 2.46. The van der Waals surface area contributed by atoms with Crippen molar-refractivity contribution in [2.45, 2.75) is 6.42 Å². The molecule has 3 aromatic rings. The van der Waals surface area contributed by atoms with Crippen LogP contribution in [0.5, 0.6) is 0 Å². The van der Waals surface area contributed by atoms with Crippen LogP contribution in [0.15, 0.2) is 59.4 Å². The van der Waals surface area contributed by atoms with Crippen molar-refractivity contribution in [2.75, 3.05) is 5.84 Å². The predicted octanol–water partition coefficient (Wildman–Crippen LogP) is 1.70. The molecule has 2 N–H and O–H groups in total. The molecule has 0 radical (unpaired) electrons. The quantitative estimate of drug-likeness (QED) is 0.705. The molecule has 1 heterocycles. The largest absolute Gasteiger partial charge is 0.320 e. The fraction of sp³-hybridized carbons (Fsp3) is 0.0667. The maximum atomic E-state index is 11.9. The lowest BCUT2D eigenvalue weighted by Crippen LogP contribution is -2.31. The zero-order valence-electron chi connectivity index (χ0n) is 10.3. The standard InChI is InChI=1S/C15H13N3O/c16-18-15(19)13-9-5-4-8-12(13)14(17-18)10-11-6-2-1-3-7-11/h1-9H,10,16H2. The Morgan fingerprint density at radius 2 is 1.58 bits per heavy atom. The van der Waals surface area contributed by atoms with E-state index in [1.54, 1.807) is 6.07 Å². The van der Waals surface area contributed by atoms with Crippen LogP contribution in [0.3, 0.4) is 0 Å². The van der Waals surface area contributed by atoms with E-state index >= 15 is 0 Å². The number of hydrogen-bond acceptors (Lipinski definition) is 3. The Kier molecular flexibility index (Phi) is 2.76. The first-order valence-corrected chi connectivity index (χ1v) is 6.05. The van der Waals surface area contributed by atoms with Gasteiger partial charge in [-0.25, -0.2) is 0 Å². The van der Waals surface area contributed by atoms with E-state index < -0.39 is 0 Å². The minimum Gasteiger partial charge on any atom is -0.320 e. The van der Waals surface area contributed by atoms with Gasteiger partial charge >= 0.3 is 0 Å². The summed E-state index contributed by atoms with van der Waals surface area (Å²) in [7, 11) is 0. The van der Waals surface area contributed by atoms with Gasteiger partial charge in [0.2, 0.25) is 0 Å². The van der Waals surface area contributed by atoms with Crippen molar-refractivity contribution in [1.29, 1.82) is 0 Å². The number of nitrogen functional groups attached to an aromatic ring is 1. The van der Waals surface area contributed by atoms with Gasteiger partial charge in [0.25, 0.3) is 5.56 Å². The minimum atomic E-state index is -0.271. The molecule has 0 aliphatic carbocycles. The van der Waals surface area contributed by atoms with Gasteiger partial charge in [-0.1, -0.05) is 48.5 Å². The topological polar surface area (TPSA) is 60.9 Å². The molecule has 0 amide bonds. The molecule has 94 valence electrons. The first-order valence-electron chi connectivity index (χ1n) is 6.05. The molecule has 4 nitrogen and oxygen atoms in total. The number of aromatic nitrogens is 2. The molecular weight excluding hydrogens is 238 g/mol. The van der Waals surface area contributed by atoms with Gasteiger partial charge in [0.1, 0.15) is 0 Å². The molecule has 0 aliphatic rings. The summed E-state index contributed by atoms with van der Waals surface area (Å²) in [6, 6.07) is 17.4. The first kappa shape index (κ1) is 11.5. The van der Waals surface area contributed by atoms with Crippen LogP contribution in [0.1, 0.15) is 11.3 Å². The Morgan fingerprint density at radius 1 is 0.947 bits per heavy atom. The molecule has 2 aromatic carbocycles. The van der Waals surface area contributed by atoms with E-state index in [1.165, 1.54) is 0 Å². The van der Waals surface area contributed by atoms with Crippen molar-refractivity contribution in [1.82, 2.24) is 9.89 Å². The third-order valence-corrected chi connectivity index (χ3v) is 3.12. The summed E-state index contributed by atoms with van der Waals surface area (Å²) < 4.78 is 0. The molecule has 0 atom stereocenters. The fourth-order valence-corrected chi connectivity index (χ4v) is 2.19. The van der Waals surface area contributed by atoms with E-state index in [-0.39, 0.29) is 5.56 Å². The van der Waals surface area contributed by atoms with Gasteiger partial charge in [0.05, 0.1) is 11.1 Å². The van der Waals surface area contributed by atoms with E-state index in [9.17, 15) is 4.79 Å². The van der Waals surface area contributed by atoms with Crippen molar-refractivity contribution < 1.29 is 0 Å². The lowest BCUT2D eigenvalue weighted by atomic mass is 10.0. The Morgan fingerprint density at radius 3 is 2.32 bits per heavy atom. The van der Waals surface area contributed by atoms with Crippen LogP contribution in [0, 0.1) is 0 Å². The molecule has 0 unspecified atom stereocenters. The minimum absolute atomic E-state index is 0.271. The summed E-state index contributed by atoms with van der Waals surface area (Å²) >= 11 is 0. The summed E-state index contributed by atoms with van der Waals surface area (Å²) in [5.74, 6) is 5.63. The second-order valence-corrected chi connectivity index (χ2v) is 4.40. The van der Waals surface area contributed by atoms with Gasteiger partial charge in [-0.05, 0) is 11.6 Å². The second-order valence-electron chi connectivity index (χ2n) is 4.40. The molecule has 1 aromatic heterocycles. The molecule has 0 saturated carbocycles. The number of nitrogens with two attached hydrogens (primary N) is 1. The third-order valence-electron chi connectivity index (χ3n) is 3.12. The van der Waals surface area contributed by atoms with Crippen molar-refractivity contribution in [2.24, 2.45) is 0 Å². The van der Waals surface area contributed by atoms with Crippen molar-refractivity contribution in [3.05, 3.63) is 76.2 Å². The smallest absolute Gasteiger partial charge is 0.293 e. The van der Waals surface area contributed by atoms with Crippen molar-refractivity contribution in [3.8, 4) is 0 Å². The molecule has 0 bridgehead atoms. The van der Waals surface area contributed by atoms with Crippen LogP contribution < -0.4 is 11.4 Å². The molecular formula is C15H13N3O. The number of hydrogen-bond donors (Lipinski definition) is 1. The molecule has 3 rings (SSSR count). The Labute approximate surface area is 110 Å². The highest BCUT2D eigenvalue weighted by Gasteiger charge is 2.09. The van der Waals surface area contributed by atoms with Gasteiger partial charge in [0.15, 0.2) is 0 Å². The van der Waals surface area contributed by atoms with E-state index in [0.29, 0.717) is 11.8 Å². The summed E-state index contributed by atoms with van der Waals surface area (Å²) in [4.78, 5) is 12.8. The highest BCUT2D eigenvalue weighted by molar-refractivity contribution is 5.83. The summed E-state index contributed by atoms with van der Waals surface area (Å²) in [6.07, 6.45) is 0.652. The van der Waals surface area contributed by atoms with Crippen LogP contribution in [0.25, 0.3) is 10.8 Å². The van der Waals surface area contributed by atoms with E-state index in [1.807, 2.05) is 48.5 Å². The van der Waals surface area contributed by atoms with Crippen LogP contribution >= 0.6 is 0 Å². The number of nitrogens with zero attached hydrogens (tertiary/aromatic N) is 2. The van der Waals surface area contributed by atoms with E-state index in [4.69, 9.17) is 5.84 Å². The van der Waals surface area contributed by atoms with Gasteiger partial charge < -0.3 is 5.84 Å². The number of fused-ring (bicyclic) bond motifs is 1. The van der Waals surface area contributed by atoms with Gasteiger partial charge in [-0.3, -0.25) is 4.79 Å².